The zero-order chi connectivity index (χ0) is 14.0. The largest absolute Gasteiger partial charge is 0.301 e. The number of rotatable bonds is 3. The quantitative estimate of drug-likeness (QED) is 0.903. The van der Waals surface area contributed by atoms with Crippen molar-refractivity contribution in [2.45, 2.75) is 29.9 Å². The molecule has 2 heteroatoms. The predicted octanol–water partition coefficient (Wildman–Crippen LogP) is 4.26. The van der Waals surface area contributed by atoms with E-state index in [0.29, 0.717) is 11.2 Å². The molecule has 1 N–H and O–H groups in total. The summed E-state index contributed by atoms with van der Waals surface area (Å²) in [6.45, 7) is 5.72. The number of nitrogens with one attached hydrogen (secondary N) is 1. The van der Waals surface area contributed by atoms with Crippen molar-refractivity contribution in [2.75, 3.05) is 6.54 Å². The Labute approximate surface area is 125 Å². The highest BCUT2D eigenvalue weighted by molar-refractivity contribution is 8.01. The van der Waals surface area contributed by atoms with Crippen LogP contribution in [-0.4, -0.2) is 16.7 Å². The van der Waals surface area contributed by atoms with Crippen LogP contribution in [0.5, 0.6) is 0 Å². The lowest BCUT2D eigenvalue weighted by Gasteiger charge is -2.35. The van der Waals surface area contributed by atoms with Gasteiger partial charge in [0.1, 0.15) is 0 Å². The van der Waals surface area contributed by atoms with E-state index in [-0.39, 0.29) is 4.87 Å². The van der Waals surface area contributed by atoms with E-state index in [1.807, 2.05) is 0 Å². The topological polar surface area (TPSA) is 12.0 Å². The molecule has 2 aromatic rings. The van der Waals surface area contributed by atoms with Crippen LogP contribution in [-0.2, 0) is 0 Å². The molecule has 2 aromatic carbocycles. The third-order valence-corrected chi connectivity index (χ3v) is 5.44. The van der Waals surface area contributed by atoms with Crippen LogP contribution in [0.15, 0.2) is 60.7 Å². The van der Waals surface area contributed by atoms with Gasteiger partial charge < -0.3 is 5.32 Å². The molecule has 2 unspecified atom stereocenters. The van der Waals surface area contributed by atoms with Crippen molar-refractivity contribution in [1.29, 1.82) is 0 Å². The van der Waals surface area contributed by atoms with Gasteiger partial charge in [-0.2, -0.15) is 0 Å². The van der Waals surface area contributed by atoms with Gasteiger partial charge in [0.25, 0.3) is 0 Å². The van der Waals surface area contributed by atoms with Gasteiger partial charge in [-0.1, -0.05) is 67.6 Å². The fourth-order valence-corrected chi connectivity index (χ4v) is 4.71. The zero-order valence-electron chi connectivity index (χ0n) is 12.0. The number of hydrogen-bond acceptors (Lipinski definition) is 2. The van der Waals surface area contributed by atoms with Crippen molar-refractivity contribution < 1.29 is 0 Å². The average Bonchev–Trinajstić information content (AvgIpc) is 2.81. The molecule has 1 fully saturated rings. The van der Waals surface area contributed by atoms with Gasteiger partial charge in [0.05, 0.1) is 4.87 Å². The predicted molar refractivity (Wildman–Crippen MR) is 88.2 cm³/mol. The normalized spacial score (nSPS) is 26.1. The summed E-state index contributed by atoms with van der Waals surface area (Å²) < 4.78 is 0. The van der Waals surface area contributed by atoms with E-state index in [1.54, 1.807) is 0 Å². The zero-order valence-corrected chi connectivity index (χ0v) is 12.9. The Morgan fingerprint density at radius 1 is 1.00 bits per heavy atom. The minimum Gasteiger partial charge on any atom is -0.301 e. The fourth-order valence-electron chi connectivity index (χ4n) is 3.14. The first-order valence-corrected chi connectivity index (χ1v) is 8.10. The van der Waals surface area contributed by atoms with Gasteiger partial charge in [-0.05, 0) is 18.1 Å². The monoisotopic (exact) mass is 283 g/mol. The Bertz CT molecular complexity index is 515. The first kappa shape index (κ1) is 13.7. The molecule has 0 aliphatic carbocycles. The van der Waals surface area contributed by atoms with Gasteiger partial charge in [0.15, 0.2) is 0 Å². The van der Waals surface area contributed by atoms with Gasteiger partial charge in [-0.25, -0.2) is 0 Å². The molecule has 1 nitrogen and oxygen atoms in total. The van der Waals surface area contributed by atoms with Crippen LogP contribution in [0.1, 0.15) is 30.9 Å². The molecule has 2 atom stereocenters. The minimum atomic E-state index is 0.0577. The van der Waals surface area contributed by atoms with Crippen LogP contribution in [0.3, 0.4) is 0 Å². The Hall–Kier alpha value is -1.25. The highest BCUT2D eigenvalue weighted by Crippen LogP contribution is 2.46. The molecule has 0 aromatic heterocycles. The van der Waals surface area contributed by atoms with Crippen molar-refractivity contribution >= 4 is 11.8 Å². The van der Waals surface area contributed by atoms with Crippen LogP contribution in [0.2, 0.25) is 0 Å². The van der Waals surface area contributed by atoms with E-state index in [1.165, 1.54) is 11.1 Å². The lowest BCUT2D eigenvalue weighted by atomic mass is 9.85. The van der Waals surface area contributed by atoms with Gasteiger partial charge in [0.2, 0.25) is 0 Å². The summed E-state index contributed by atoms with van der Waals surface area (Å²) in [7, 11) is 0. The molecule has 0 radical (unpaired) electrons. The van der Waals surface area contributed by atoms with Crippen molar-refractivity contribution in [1.82, 2.24) is 5.32 Å². The minimum absolute atomic E-state index is 0.0577. The maximum atomic E-state index is 3.74. The van der Waals surface area contributed by atoms with Crippen LogP contribution >= 0.6 is 11.8 Å². The molecule has 3 rings (SSSR count). The highest BCUT2D eigenvalue weighted by Gasteiger charge is 2.41. The summed E-state index contributed by atoms with van der Waals surface area (Å²) in [5, 5.41) is 4.40. The Balaban J connectivity index is 2.05. The summed E-state index contributed by atoms with van der Waals surface area (Å²) >= 11 is 2.05. The van der Waals surface area contributed by atoms with E-state index in [9.17, 15) is 0 Å². The maximum absolute atomic E-state index is 3.74. The Morgan fingerprint density at radius 2 is 1.50 bits per heavy atom. The second kappa shape index (κ2) is 5.63. The lowest BCUT2D eigenvalue weighted by Crippen LogP contribution is -2.40. The van der Waals surface area contributed by atoms with E-state index < -0.39 is 0 Å². The van der Waals surface area contributed by atoms with Crippen LogP contribution in [0.25, 0.3) is 0 Å². The first-order valence-electron chi connectivity index (χ1n) is 7.22. The van der Waals surface area contributed by atoms with E-state index in [4.69, 9.17) is 0 Å². The number of benzene rings is 2. The molecule has 0 saturated carbocycles. The van der Waals surface area contributed by atoms with Crippen molar-refractivity contribution in [3.05, 3.63) is 71.8 Å². The van der Waals surface area contributed by atoms with Crippen LogP contribution < -0.4 is 5.32 Å². The van der Waals surface area contributed by atoms with E-state index >= 15 is 0 Å². The molecule has 1 heterocycles. The van der Waals surface area contributed by atoms with Crippen LogP contribution in [0, 0.1) is 0 Å². The molecule has 20 heavy (non-hydrogen) atoms. The number of thioether (sulfide) groups is 1. The molecule has 0 bridgehead atoms. The Kier molecular flexibility index (Phi) is 3.86. The van der Waals surface area contributed by atoms with Gasteiger partial charge in [-0.3, -0.25) is 0 Å². The number of hydrogen-bond donors (Lipinski definition) is 1. The molecule has 104 valence electrons. The summed E-state index contributed by atoms with van der Waals surface area (Å²) in [5.41, 5.74) is 2.77. The summed E-state index contributed by atoms with van der Waals surface area (Å²) in [4.78, 5) is 0.0577. The van der Waals surface area contributed by atoms with Gasteiger partial charge in [-0.15, -0.1) is 11.8 Å². The van der Waals surface area contributed by atoms with E-state index in [0.717, 1.165) is 6.54 Å². The van der Waals surface area contributed by atoms with E-state index in [2.05, 4.69) is 91.6 Å². The summed E-state index contributed by atoms with van der Waals surface area (Å²) in [6, 6.07) is 21.7. The second-order valence-electron chi connectivity index (χ2n) is 5.67. The highest BCUT2D eigenvalue weighted by atomic mass is 32.2. The molecule has 0 amide bonds. The van der Waals surface area contributed by atoms with Gasteiger partial charge >= 0.3 is 0 Å². The standard InChI is InChI=1S/C18H21NS/c1-14-13-19-18(2,20-14)17(15-9-5-3-6-10-15)16-11-7-4-8-12-16/h3-12,14,17,19H,13H2,1-2H3. The van der Waals surface area contributed by atoms with Crippen molar-refractivity contribution in [3.63, 3.8) is 0 Å². The third kappa shape index (κ3) is 2.63. The second-order valence-corrected chi connectivity index (χ2v) is 7.56. The molecule has 0 spiro atoms. The van der Waals surface area contributed by atoms with Gasteiger partial charge in [0, 0.05) is 17.7 Å². The average molecular weight is 283 g/mol. The lowest BCUT2D eigenvalue weighted by molar-refractivity contribution is 0.484. The first-order chi connectivity index (χ1) is 9.69. The molecular formula is C18H21NS. The maximum Gasteiger partial charge on any atom is 0.0730 e. The molecule has 1 aliphatic heterocycles. The van der Waals surface area contributed by atoms with Crippen molar-refractivity contribution in [2.24, 2.45) is 0 Å². The van der Waals surface area contributed by atoms with Crippen molar-refractivity contribution in [3.8, 4) is 0 Å². The van der Waals surface area contributed by atoms with Crippen LogP contribution in [0.4, 0.5) is 0 Å². The molecule has 1 saturated heterocycles. The summed E-state index contributed by atoms with van der Waals surface area (Å²) in [6.07, 6.45) is 0. The SMILES string of the molecule is CC1CNC(C)(C(c2ccccc2)c2ccccc2)S1. The summed E-state index contributed by atoms with van der Waals surface area (Å²) in [5.74, 6) is 0.375. The molecule has 1 aliphatic rings. The third-order valence-electron chi connectivity index (χ3n) is 4.00. The molecular weight excluding hydrogens is 262 g/mol. The smallest absolute Gasteiger partial charge is 0.0730 e. The Morgan fingerprint density at radius 3 is 1.90 bits per heavy atom. The fraction of sp³-hybridized carbons (Fsp3) is 0.333.